The molecule has 0 spiro atoms. The molecule has 2 unspecified atom stereocenters. The van der Waals surface area contributed by atoms with Crippen molar-refractivity contribution in [2.45, 2.75) is 44.5 Å². The number of imidazole rings is 1. The zero-order chi connectivity index (χ0) is 12.1. The van der Waals surface area contributed by atoms with E-state index in [2.05, 4.69) is 14.9 Å². The molecule has 0 aliphatic heterocycles. The molecule has 1 N–H and O–H groups in total. The highest BCUT2D eigenvalue weighted by Gasteiger charge is 2.19. The van der Waals surface area contributed by atoms with E-state index < -0.39 is 0 Å². The maximum Gasteiger partial charge on any atom is 0.105 e. The summed E-state index contributed by atoms with van der Waals surface area (Å²) >= 11 is 6.19. The minimum atomic E-state index is 0.409. The van der Waals surface area contributed by atoms with E-state index in [1.807, 2.05) is 19.3 Å². The van der Waals surface area contributed by atoms with Crippen molar-refractivity contribution < 1.29 is 0 Å². The summed E-state index contributed by atoms with van der Waals surface area (Å²) in [5.41, 5.74) is 0. The van der Waals surface area contributed by atoms with Crippen LogP contribution in [0.5, 0.6) is 0 Å². The first-order valence-electron chi connectivity index (χ1n) is 6.58. The third kappa shape index (κ3) is 4.00. The van der Waals surface area contributed by atoms with Gasteiger partial charge >= 0.3 is 0 Å². The lowest BCUT2D eigenvalue weighted by atomic mass is 9.89. The van der Waals surface area contributed by atoms with E-state index in [1.54, 1.807) is 0 Å². The number of aromatic nitrogens is 2. The number of nitrogens with zero attached hydrogens (tertiary/aromatic N) is 2. The molecule has 3 nitrogen and oxygen atoms in total. The van der Waals surface area contributed by atoms with Crippen molar-refractivity contribution in [1.29, 1.82) is 0 Å². The summed E-state index contributed by atoms with van der Waals surface area (Å²) in [5.74, 6) is 1.86. The van der Waals surface area contributed by atoms with Gasteiger partial charge in [0.25, 0.3) is 0 Å². The molecule has 1 aliphatic carbocycles. The zero-order valence-electron chi connectivity index (χ0n) is 10.5. The van der Waals surface area contributed by atoms with Gasteiger partial charge in [-0.3, -0.25) is 0 Å². The average Bonchev–Trinajstić information content (AvgIpc) is 2.71. The van der Waals surface area contributed by atoms with Crippen LogP contribution in [-0.2, 0) is 6.54 Å². The van der Waals surface area contributed by atoms with Gasteiger partial charge in [-0.15, -0.1) is 11.6 Å². The van der Waals surface area contributed by atoms with E-state index in [9.17, 15) is 0 Å². The lowest BCUT2D eigenvalue weighted by Crippen LogP contribution is -2.29. The molecule has 0 bridgehead atoms. The van der Waals surface area contributed by atoms with Crippen LogP contribution in [0.25, 0.3) is 0 Å². The van der Waals surface area contributed by atoms with Crippen LogP contribution in [0.2, 0.25) is 0 Å². The van der Waals surface area contributed by atoms with Gasteiger partial charge < -0.3 is 9.88 Å². The topological polar surface area (TPSA) is 29.9 Å². The fraction of sp³-hybridized carbons (Fsp3) is 0.769. The quantitative estimate of drug-likeness (QED) is 0.648. The van der Waals surface area contributed by atoms with Gasteiger partial charge in [0.05, 0.1) is 0 Å². The van der Waals surface area contributed by atoms with E-state index in [0.29, 0.717) is 5.38 Å². The van der Waals surface area contributed by atoms with Crippen molar-refractivity contribution in [2.75, 3.05) is 13.1 Å². The van der Waals surface area contributed by atoms with E-state index in [4.69, 9.17) is 11.6 Å². The van der Waals surface area contributed by atoms with Crippen LogP contribution in [0, 0.1) is 12.8 Å². The Bertz CT molecular complexity index is 337. The molecule has 0 amide bonds. The fourth-order valence-electron chi connectivity index (χ4n) is 2.56. The maximum absolute atomic E-state index is 6.19. The lowest BCUT2D eigenvalue weighted by molar-refractivity contribution is 0.344. The van der Waals surface area contributed by atoms with Crippen LogP contribution in [-0.4, -0.2) is 28.0 Å². The Hall–Kier alpha value is -0.540. The molecule has 96 valence electrons. The van der Waals surface area contributed by atoms with Crippen LogP contribution in [0.3, 0.4) is 0 Å². The minimum Gasteiger partial charge on any atom is -0.334 e. The third-order valence-corrected chi connectivity index (χ3v) is 4.00. The Kier molecular flexibility index (Phi) is 4.86. The van der Waals surface area contributed by atoms with E-state index >= 15 is 0 Å². The molecular weight excluding hydrogens is 234 g/mol. The highest BCUT2D eigenvalue weighted by Crippen LogP contribution is 2.27. The first kappa shape index (κ1) is 12.9. The summed E-state index contributed by atoms with van der Waals surface area (Å²) < 4.78 is 2.18. The van der Waals surface area contributed by atoms with Gasteiger partial charge in [-0.25, -0.2) is 4.98 Å². The predicted molar refractivity (Wildman–Crippen MR) is 71.4 cm³/mol. The predicted octanol–water partition coefficient (Wildman–Crippen LogP) is 2.58. The van der Waals surface area contributed by atoms with Crippen molar-refractivity contribution >= 4 is 11.6 Å². The fourth-order valence-corrected chi connectivity index (χ4v) is 2.96. The monoisotopic (exact) mass is 255 g/mol. The standard InChI is InChI=1S/C13H22ClN3/c1-11-16-6-8-17(11)7-5-15-10-12-3-2-4-13(14)9-12/h6,8,12-13,15H,2-5,7,9-10H2,1H3. The van der Waals surface area contributed by atoms with Gasteiger partial charge in [-0.2, -0.15) is 0 Å². The summed E-state index contributed by atoms with van der Waals surface area (Å²) in [7, 11) is 0. The smallest absolute Gasteiger partial charge is 0.105 e. The van der Waals surface area contributed by atoms with Crippen LogP contribution < -0.4 is 5.32 Å². The second kappa shape index (κ2) is 6.41. The van der Waals surface area contributed by atoms with Gasteiger partial charge in [-0.05, 0) is 38.6 Å². The molecule has 1 aromatic heterocycles. The highest BCUT2D eigenvalue weighted by atomic mass is 35.5. The van der Waals surface area contributed by atoms with Gasteiger partial charge in [0, 0.05) is 30.9 Å². The summed E-state index contributed by atoms with van der Waals surface area (Å²) in [6, 6.07) is 0. The summed E-state index contributed by atoms with van der Waals surface area (Å²) in [6.07, 6.45) is 8.90. The molecule has 0 saturated heterocycles. The Labute approximate surface area is 109 Å². The van der Waals surface area contributed by atoms with Crippen LogP contribution >= 0.6 is 11.6 Å². The van der Waals surface area contributed by atoms with Crippen molar-refractivity contribution in [3.05, 3.63) is 18.2 Å². The third-order valence-electron chi connectivity index (χ3n) is 3.60. The van der Waals surface area contributed by atoms with Gasteiger partial charge in [0.2, 0.25) is 0 Å². The zero-order valence-corrected chi connectivity index (χ0v) is 11.3. The molecule has 1 aromatic rings. The molecule has 0 radical (unpaired) electrons. The Morgan fingerprint density at radius 3 is 3.12 bits per heavy atom. The number of halogens is 1. The summed E-state index contributed by atoms with van der Waals surface area (Å²) in [4.78, 5) is 4.21. The molecule has 1 aliphatic rings. The highest BCUT2D eigenvalue weighted by molar-refractivity contribution is 6.20. The number of alkyl halides is 1. The number of hydrogen-bond acceptors (Lipinski definition) is 2. The normalized spacial score (nSPS) is 25.1. The molecule has 17 heavy (non-hydrogen) atoms. The van der Waals surface area contributed by atoms with Gasteiger partial charge in [-0.1, -0.05) is 6.42 Å². The number of hydrogen-bond donors (Lipinski definition) is 1. The molecule has 1 saturated carbocycles. The van der Waals surface area contributed by atoms with E-state index in [1.165, 1.54) is 25.7 Å². The summed E-state index contributed by atoms with van der Waals surface area (Å²) in [5, 5.41) is 3.94. The first-order valence-corrected chi connectivity index (χ1v) is 7.02. The van der Waals surface area contributed by atoms with Crippen LogP contribution in [0.15, 0.2) is 12.4 Å². The largest absolute Gasteiger partial charge is 0.334 e. The second-order valence-corrected chi connectivity index (χ2v) is 5.62. The molecular formula is C13H22ClN3. The summed E-state index contributed by atoms with van der Waals surface area (Å²) in [6.45, 7) is 5.17. The Balaban J connectivity index is 1.61. The SMILES string of the molecule is Cc1nccn1CCNCC1CCCC(Cl)C1. The number of aryl methyl sites for hydroxylation is 1. The van der Waals surface area contributed by atoms with Crippen molar-refractivity contribution in [2.24, 2.45) is 5.92 Å². The van der Waals surface area contributed by atoms with Crippen LogP contribution in [0.1, 0.15) is 31.5 Å². The minimum absolute atomic E-state index is 0.409. The first-order chi connectivity index (χ1) is 8.25. The molecule has 4 heteroatoms. The van der Waals surface area contributed by atoms with Gasteiger partial charge in [0.15, 0.2) is 0 Å². The number of rotatable bonds is 5. The van der Waals surface area contributed by atoms with E-state index in [0.717, 1.165) is 31.4 Å². The van der Waals surface area contributed by atoms with Crippen molar-refractivity contribution in [3.63, 3.8) is 0 Å². The van der Waals surface area contributed by atoms with Crippen molar-refractivity contribution in [1.82, 2.24) is 14.9 Å². The molecule has 1 heterocycles. The molecule has 1 fully saturated rings. The number of nitrogens with one attached hydrogen (secondary N) is 1. The lowest BCUT2D eigenvalue weighted by Gasteiger charge is -2.25. The Morgan fingerprint density at radius 2 is 2.41 bits per heavy atom. The average molecular weight is 256 g/mol. The Morgan fingerprint density at radius 1 is 1.53 bits per heavy atom. The molecule has 2 atom stereocenters. The van der Waals surface area contributed by atoms with E-state index in [-0.39, 0.29) is 0 Å². The van der Waals surface area contributed by atoms with Crippen LogP contribution in [0.4, 0.5) is 0 Å². The maximum atomic E-state index is 6.19. The molecule has 0 aromatic carbocycles. The van der Waals surface area contributed by atoms with Gasteiger partial charge in [0.1, 0.15) is 5.82 Å². The second-order valence-electron chi connectivity index (χ2n) is 5.00. The van der Waals surface area contributed by atoms with Crippen molar-refractivity contribution in [3.8, 4) is 0 Å². The molecule has 2 rings (SSSR count).